The van der Waals surface area contributed by atoms with Crippen molar-refractivity contribution in [3.05, 3.63) is 35.5 Å². The molecular weight excluding hydrogens is 366 g/mol. The van der Waals surface area contributed by atoms with Crippen molar-refractivity contribution in [2.75, 3.05) is 0 Å². The zero-order valence-electron chi connectivity index (χ0n) is 17.5. The number of nitrogens with zero attached hydrogens (tertiary/aromatic N) is 1. The lowest BCUT2D eigenvalue weighted by Gasteiger charge is -2.45. The van der Waals surface area contributed by atoms with Crippen LogP contribution in [0, 0.1) is 5.92 Å². The average molecular weight is 398 g/mol. The molecule has 3 N–H and O–H groups in total. The monoisotopic (exact) mass is 397 g/mol. The number of hydrogen-bond donors (Lipinski definition) is 2. The van der Waals surface area contributed by atoms with Gasteiger partial charge in [-0.15, -0.1) is 0 Å². The Hall–Kier alpha value is -2.50. The summed E-state index contributed by atoms with van der Waals surface area (Å²) < 4.78 is 5.73. The number of fused-ring (bicyclic) bond motifs is 3. The van der Waals surface area contributed by atoms with Gasteiger partial charge in [-0.2, -0.15) is 0 Å². The van der Waals surface area contributed by atoms with Crippen LogP contribution in [-0.2, 0) is 16.0 Å². The highest BCUT2D eigenvalue weighted by molar-refractivity contribution is 5.90. The summed E-state index contributed by atoms with van der Waals surface area (Å²) in [6.45, 7) is 5.54. The van der Waals surface area contributed by atoms with Crippen LogP contribution in [0.15, 0.2) is 24.3 Å². The van der Waals surface area contributed by atoms with Gasteiger partial charge < -0.3 is 15.5 Å². The Morgan fingerprint density at radius 3 is 2.48 bits per heavy atom. The Balaban J connectivity index is 1.86. The van der Waals surface area contributed by atoms with Crippen LogP contribution in [-0.4, -0.2) is 33.5 Å². The van der Waals surface area contributed by atoms with E-state index < -0.39 is 23.6 Å². The van der Waals surface area contributed by atoms with E-state index in [1.54, 1.807) is 4.90 Å². The second kappa shape index (κ2) is 7.39. The molecule has 0 saturated heterocycles. The molecule has 1 fully saturated rings. The van der Waals surface area contributed by atoms with Gasteiger partial charge in [0, 0.05) is 23.0 Å². The number of primary amides is 1. The normalized spacial score (nSPS) is 23.1. The quantitative estimate of drug-likeness (QED) is 0.785. The number of para-hydroxylation sites is 1. The van der Waals surface area contributed by atoms with Crippen molar-refractivity contribution in [1.29, 1.82) is 0 Å². The number of hydrogen-bond acceptors (Lipinski definition) is 3. The van der Waals surface area contributed by atoms with Gasteiger partial charge in [0.1, 0.15) is 11.6 Å². The highest BCUT2D eigenvalue weighted by Crippen LogP contribution is 2.45. The highest BCUT2D eigenvalue weighted by Gasteiger charge is 2.46. The van der Waals surface area contributed by atoms with Crippen LogP contribution in [0.1, 0.15) is 70.2 Å². The van der Waals surface area contributed by atoms with E-state index in [4.69, 9.17) is 10.5 Å². The van der Waals surface area contributed by atoms with Crippen LogP contribution in [0.4, 0.5) is 4.79 Å². The summed E-state index contributed by atoms with van der Waals surface area (Å²) in [5.74, 6) is -0.196. The third-order valence-electron chi connectivity index (χ3n) is 6.20. The molecule has 1 aromatic heterocycles. The van der Waals surface area contributed by atoms with E-state index in [1.165, 1.54) is 6.42 Å². The third kappa shape index (κ3) is 3.72. The summed E-state index contributed by atoms with van der Waals surface area (Å²) >= 11 is 0. The number of rotatable bonds is 2. The number of aromatic nitrogens is 1. The van der Waals surface area contributed by atoms with Crippen LogP contribution < -0.4 is 5.73 Å². The van der Waals surface area contributed by atoms with Gasteiger partial charge in [0.15, 0.2) is 0 Å². The molecule has 2 aromatic rings. The smallest absolute Gasteiger partial charge is 0.411 e. The molecule has 6 heteroatoms. The average Bonchev–Trinajstić information content (AvgIpc) is 3.04. The van der Waals surface area contributed by atoms with Crippen LogP contribution in [0.25, 0.3) is 10.9 Å². The van der Waals surface area contributed by atoms with Gasteiger partial charge in [0.25, 0.3) is 0 Å². The summed E-state index contributed by atoms with van der Waals surface area (Å²) in [5.41, 5.74) is 8.37. The minimum Gasteiger partial charge on any atom is -0.444 e. The lowest BCUT2D eigenvalue weighted by atomic mass is 9.78. The van der Waals surface area contributed by atoms with E-state index in [1.807, 2.05) is 39.0 Å². The number of nitrogens with two attached hydrogens (primary N) is 1. The maximum atomic E-state index is 13.3. The number of carbonyl (C=O) groups is 2. The Bertz CT molecular complexity index is 921. The van der Waals surface area contributed by atoms with Crippen molar-refractivity contribution in [3.63, 3.8) is 0 Å². The van der Waals surface area contributed by atoms with Gasteiger partial charge in [-0.25, -0.2) is 4.79 Å². The summed E-state index contributed by atoms with van der Waals surface area (Å²) in [6.07, 6.45) is 5.52. The lowest BCUT2D eigenvalue weighted by Crippen LogP contribution is -2.56. The number of H-pyrrole nitrogens is 1. The molecule has 0 unspecified atom stereocenters. The second-order valence-electron chi connectivity index (χ2n) is 9.42. The van der Waals surface area contributed by atoms with Gasteiger partial charge in [0.2, 0.25) is 5.91 Å². The molecule has 1 aliphatic carbocycles. The maximum Gasteiger partial charge on any atom is 0.411 e. The molecular formula is C23H31N3O3. The van der Waals surface area contributed by atoms with Crippen molar-refractivity contribution in [3.8, 4) is 0 Å². The molecule has 0 spiro atoms. The Morgan fingerprint density at radius 2 is 1.83 bits per heavy atom. The van der Waals surface area contributed by atoms with Gasteiger partial charge in [-0.1, -0.05) is 37.5 Å². The molecule has 156 valence electrons. The van der Waals surface area contributed by atoms with E-state index >= 15 is 0 Å². The molecule has 29 heavy (non-hydrogen) atoms. The van der Waals surface area contributed by atoms with Crippen molar-refractivity contribution >= 4 is 22.9 Å². The summed E-state index contributed by atoms with van der Waals surface area (Å²) in [7, 11) is 0. The number of ether oxygens (including phenoxy) is 1. The van der Waals surface area contributed by atoms with Crippen molar-refractivity contribution in [2.45, 2.75) is 77.0 Å². The fraction of sp³-hybridized carbons (Fsp3) is 0.565. The Kier molecular flexibility index (Phi) is 5.05. The van der Waals surface area contributed by atoms with Gasteiger partial charge >= 0.3 is 6.09 Å². The van der Waals surface area contributed by atoms with Crippen LogP contribution in [0.3, 0.4) is 0 Å². The van der Waals surface area contributed by atoms with Crippen LogP contribution in [0.2, 0.25) is 0 Å². The Labute approximate surface area is 171 Å². The fourth-order valence-corrected chi connectivity index (χ4v) is 5.02. The molecule has 0 radical (unpaired) electrons. The first kappa shape index (κ1) is 19.8. The fourth-order valence-electron chi connectivity index (χ4n) is 5.02. The first-order valence-corrected chi connectivity index (χ1v) is 10.7. The van der Waals surface area contributed by atoms with Crippen molar-refractivity contribution < 1.29 is 14.3 Å². The Morgan fingerprint density at radius 1 is 1.14 bits per heavy atom. The van der Waals surface area contributed by atoms with Gasteiger partial charge in [-0.05, 0) is 51.2 Å². The molecule has 1 saturated carbocycles. The first-order chi connectivity index (χ1) is 13.8. The van der Waals surface area contributed by atoms with E-state index in [-0.39, 0.29) is 12.0 Å². The molecule has 2 amide bonds. The predicted octanol–water partition coefficient (Wildman–Crippen LogP) is 4.44. The van der Waals surface area contributed by atoms with E-state index in [0.29, 0.717) is 6.42 Å². The molecule has 0 bridgehead atoms. The van der Waals surface area contributed by atoms with Gasteiger partial charge in [-0.3, -0.25) is 9.69 Å². The first-order valence-electron chi connectivity index (χ1n) is 10.7. The molecule has 1 aromatic carbocycles. The van der Waals surface area contributed by atoms with Crippen LogP contribution >= 0.6 is 0 Å². The highest BCUT2D eigenvalue weighted by atomic mass is 16.6. The van der Waals surface area contributed by atoms with Crippen LogP contribution in [0.5, 0.6) is 0 Å². The van der Waals surface area contributed by atoms with E-state index in [0.717, 1.165) is 47.8 Å². The zero-order chi connectivity index (χ0) is 20.8. The molecule has 2 aliphatic rings. The minimum atomic E-state index is -0.705. The van der Waals surface area contributed by atoms with E-state index in [2.05, 4.69) is 11.1 Å². The van der Waals surface area contributed by atoms with Crippen molar-refractivity contribution in [1.82, 2.24) is 9.88 Å². The number of amides is 2. The molecule has 2 atom stereocenters. The minimum absolute atomic E-state index is 0.223. The molecule has 2 heterocycles. The maximum absolute atomic E-state index is 13.3. The van der Waals surface area contributed by atoms with Crippen molar-refractivity contribution in [2.24, 2.45) is 11.7 Å². The summed E-state index contributed by atoms with van der Waals surface area (Å²) in [5, 5.41) is 1.11. The molecule has 1 aliphatic heterocycles. The molecule has 6 nitrogen and oxygen atoms in total. The molecule has 4 rings (SSSR count). The zero-order valence-corrected chi connectivity index (χ0v) is 17.5. The summed E-state index contributed by atoms with van der Waals surface area (Å²) in [6, 6.07) is 7.19. The number of carbonyl (C=O) groups excluding carboxylic acids is 2. The number of aromatic amines is 1. The standard InChI is InChI=1S/C23H31N3O3/c1-23(2,3)29-22(28)26-18(21(24)27)13-16-15-11-7-8-12-17(15)25-19(16)20(26)14-9-5-4-6-10-14/h7-8,11-12,14,18,20,25H,4-6,9-10,13H2,1-3H3,(H2,24,27)/t18-,20+/m1/s1. The van der Waals surface area contributed by atoms with E-state index in [9.17, 15) is 9.59 Å². The number of nitrogens with one attached hydrogen (secondary N) is 1. The largest absolute Gasteiger partial charge is 0.444 e. The predicted molar refractivity (Wildman–Crippen MR) is 112 cm³/mol. The third-order valence-corrected chi connectivity index (χ3v) is 6.20. The SMILES string of the molecule is CC(C)(C)OC(=O)N1[C@@H](C(N)=O)Cc2c([nH]c3ccccc23)[C@@H]1C1CCCCC1. The van der Waals surface area contributed by atoms with Gasteiger partial charge in [0.05, 0.1) is 6.04 Å². The summed E-state index contributed by atoms with van der Waals surface area (Å²) in [4.78, 5) is 31.0. The number of benzene rings is 1. The second-order valence-corrected chi connectivity index (χ2v) is 9.42. The lowest BCUT2D eigenvalue weighted by molar-refractivity contribution is -0.125. The topological polar surface area (TPSA) is 88.4 Å².